The normalized spacial score (nSPS) is 21.3. The number of benzene rings is 1. The summed E-state index contributed by atoms with van der Waals surface area (Å²) in [5, 5.41) is 3.36. The van der Waals surface area contributed by atoms with Crippen molar-refractivity contribution >= 4 is 42.3 Å². The largest absolute Gasteiger partial charge is 0.340 e. The van der Waals surface area contributed by atoms with Crippen molar-refractivity contribution in [1.29, 1.82) is 0 Å². The van der Waals surface area contributed by atoms with Crippen molar-refractivity contribution in [3.05, 3.63) is 29.8 Å². The molecule has 0 aromatic heterocycles. The van der Waals surface area contributed by atoms with E-state index >= 15 is 0 Å². The highest BCUT2D eigenvalue weighted by atomic mass is 35.5. The van der Waals surface area contributed by atoms with E-state index in [1.165, 1.54) is 12.0 Å². The lowest BCUT2D eigenvalue weighted by atomic mass is 10.0. The second-order valence-corrected chi connectivity index (χ2v) is 7.98. The molecule has 2 saturated heterocycles. The molecule has 0 spiro atoms. The maximum atomic E-state index is 12.7. The minimum absolute atomic E-state index is 0. The molecule has 3 aliphatic heterocycles. The summed E-state index contributed by atoms with van der Waals surface area (Å²) in [7, 11) is 0. The maximum Gasteiger partial charge on any atom is 0.241 e. The highest BCUT2D eigenvalue weighted by Crippen LogP contribution is 2.27. The van der Waals surface area contributed by atoms with Gasteiger partial charge in [0.05, 0.1) is 6.54 Å². The van der Waals surface area contributed by atoms with Crippen molar-refractivity contribution in [3.63, 3.8) is 0 Å². The Morgan fingerprint density at radius 3 is 2.48 bits per heavy atom. The van der Waals surface area contributed by atoms with Gasteiger partial charge < -0.3 is 15.1 Å². The summed E-state index contributed by atoms with van der Waals surface area (Å²) in [4.78, 5) is 31.3. The minimum atomic E-state index is 0. The van der Waals surface area contributed by atoms with E-state index in [4.69, 9.17) is 0 Å². The molecule has 1 atom stereocenters. The SMILES string of the molecule is Cl.Cl.O=C(CCC1CCNC1)N1CCN(CC(=O)N2CCc3ccccc32)CC1. The number of fused-ring (bicyclic) bond motifs is 1. The molecule has 0 saturated carbocycles. The van der Waals surface area contributed by atoms with E-state index in [1.54, 1.807) is 0 Å². The van der Waals surface area contributed by atoms with Crippen LogP contribution in [0.4, 0.5) is 5.69 Å². The molecule has 29 heavy (non-hydrogen) atoms. The number of halogens is 2. The highest BCUT2D eigenvalue weighted by Gasteiger charge is 2.28. The average molecular weight is 443 g/mol. The Hall–Kier alpha value is -1.34. The van der Waals surface area contributed by atoms with E-state index in [0.717, 1.165) is 64.3 Å². The van der Waals surface area contributed by atoms with Gasteiger partial charge in [0.1, 0.15) is 0 Å². The molecule has 8 heteroatoms. The topological polar surface area (TPSA) is 55.9 Å². The first kappa shape index (κ1) is 23.9. The number of carbonyl (C=O) groups is 2. The molecule has 3 heterocycles. The summed E-state index contributed by atoms with van der Waals surface area (Å²) in [5.74, 6) is 1.12. The van der Waals surface area contributed by atoms with Crippen LogP contribution in [0.15, 0.2) is 24.3 Å². The molecule has 0 aliphatic carbocycles. The molecular formula is C21H32Cl2N4O2. The van der Waals surface area contributed by atoms with E-state index < -0.39 is 0 Å². The Morgan fingerprint density at radius 2 is 1.76 bits per heavy atom. The number of amides is 2. The molecule has 6 nitrogen and oxygen atoms in total. The number of piperazine rings is 1. The van der Waals surface area contributed by atoms with Crippen molar-refractivity contribution in [2.45, 2.75) is 25.7 Å². The van der Waals surface area contributed by atoms with Gasteiger partial charge in [-0.05, 0) is 49.9 Å². The van der Waals surface area contributed by atoms with Crippen LogP contribution in [0, 0.1) is 5.92 Å². The number of anilines is 1. The molecule has 162 valence electrons. The molecule has 0 radical (unpaired) electrons. The van der Waals surface area contributed by atoms with Crippen molar-refractivity contribution in [1.82, 2.24) is 15.1 Å². The number of carbonyl (C=O) groups excluding carboxylic acids is 2. The molecule has 4 rings (SSSR count). The molecule has 1 aromatic rings. The third-order valence-electron chi connectivity index (χ3n) is 6.20. The number of para-hydroxylation sites is 1. The Kier molecular flexibility index (Phi) is 9.21. The third-order valence-corrected chi connectivity index (χ3v) is 6.20. The van der Waals surface area contributed by atoms with Crippen LogP contribution < -0.4 is 10.2 Å². The van der Waals surface area contributed by atoms with Gasteiger partial charge in [0.15, 0.2) is 0 Å². The number of hydrogen-bond acceptors (Lipinski definition) is 4. The first-order chi connectivity index (χ1) is 13.2. The third kappa shape index (κ3) is 5.85. The Morgan fingerprint density at radius 1 is 1.00 bits per heavy atom. The van der Waals surface area contributed by atoms with Crippen molar-refractivity contribution in [3.8, 4) is 0 Å². The summed E-state index contributed by atoms with van der Waals surface area (Å²) >= 11 is 0. The number of nitrogens with one attached hydrogen (secondary N) is 1. The molecular weight excluding hydrogens is 411 g/mol. The molecule has 3 aliphatic rings. The van der Waals surface area contributed by atoms with Gasteiger partial charge >= 0.3 is 0 Å². The minimum Gasteiger partial charge on any atom is -0.340 e. The van der Waals surface area contributed by atoms with Crippen LogP contribution in [0.25, 0.3) is 0 Å². The van der Waals surface area contributed by atoms with E-state index in [1.807, 2.05) is 28.0 Å². The van der Waals surface area contributed by atoms with E-state index in [2.05, 4.69) is 16.3 Å². The van der Waals surface area contributed by atoms with Crippen LogP contribution in [-0.2, 0) is 16.0 Å². The smallest absolute Gasteiger partial charge is 0.241 e. The second kappa shape index (κ2) is 11.2. The zero-order valence-corrected chi connectivity index (χ0v) is 18.5. The molecule has 2 fully saturated rings. The Bertz CT molecular complexity index is 689. The molecule has 1 aromatic carbocycles. The fourth-order valence-corrected chi connectivity index (χ4v) is 4.48. The lowest BCUT2D eigenvalue weighted by Gasteiger charge is -2.35. The quantitative estimate of drug-likeness (QED) is 0.756. The summed E-state index contributed by atoms with van der Waals surface area (Å²) in [5.41, 5.74) is 2.33. The van der Waals surface area contributed by atoms with Gasteiger partial charge in [-0.1, -0.05) is 18.2 Å². The summed E-state index contributed by atoms with van der Waals surface area (Å²) in [6, 6.07) is 8.17. The first-order valence-electron chi connectivity index (χ1n) is 10.3. The van der Waals surface area contributed by atoms with Gasteiger partial charge in [-0.3, -0.25) is 14.5 Å². The van der Waals surface area contributed by atoms with E-state index in [9.17, 15) is 9.59 Å². The lowest BCUT2D eigenvalue weighted by molar-refractivity contribution is -0.133. The van der Waals surface area contributed by atoms with Gasteiger partial charge in [-0.15, -0.1) is 24.8 Å². The van der Waals surface area contributed by atoms with Crippen LogP contribution in [-0.4, -0.2) is 74.0 Å². The van der Waals surface area contributed by atoms with Crippen molar-refractivity contribution in [2.24, 2.45) is 5.92 Å². The van der Waals surface area contributed by atoms with Gasteiger partial charge in [-0.25, -0.2) is 0 Å². The van der Waals surface area contributed by atoms with Crippen LogP contribution in [0.2, 0.25) is 0 Å². The molecule has 1 N–H and O–H groups in total. The van der Waals surface area contributed by atoms with Gasteiger partial charge in [-0.2, -0.15) is 0 Å². The van der Waals surface area contributed by atoms with Crippen LogP contribution in [0.3, 0.4) is 0 Å². The zero-order chi connectivity index (χ0) is 18.6. The fourth-order valence-electron chi connectivity index (χ4n) is 4.48. The van der Waals surface area contributed by atoms with E-state index in [-0.39, 0.29) is 36.6 Å². The Balaban J connectivity index is 0.00000150. The van der Waals surface area contributed by atoms with Crippen molar-refractivity contribution in [2.75, 3.05) is 57.3 Å². The van der Waals surface area contributed by atoms with E-state index in [0.29, 0.717) is 18.9 Å². The summed E-state index contributed by atoms with van der Waals surface area (Å²) < 4.78 is 0. The fraction of sp³-hybridized carbons (Fsp3) is 0.619. The maximum absolute atomic E-state index is 12.7. The predicted molar refractivity (Wildman–Crippen MR) is 120 cm³/mol. The van der Waals surface area contributed by atoms with Crippen LogP contribution >= 0.6 is 24.8 Å². The van der Waals surface area contributed by atoms with Gasteiger partial charge in [0.2, 0.25) is 11.8 Å². The standard InChI is InChI=1S/C21H30N4O2.2ClH/c26-20(6-5-17-7-9-22-15-17)24-13-11-23(12-14-24)16-21(27)25-10-8-18-3-1-2-4-19(18)25;;/h1-4,17,22H,5-16H2;2*1H. The monoisotopic (exact) mass is 442 g/mol. The summed E-state index contributed by atoms with van der Waals surface area (Å²) in [6.07, 6.45) is 3.80. The zero-order valence-electron chi connectivity index (χ0n) is 16.8. The van der Waals surface area contributed by atoms with Gasteiger partial charge in [0.25, 0.3) is 0 Å². The van der Waals surface area contributed by atoms with Gasteiger partial charge in [0, 0.05) is 44.8 Å². The summed E-state index contributed by atoms with van der Waals surface area (Å²) in [6.45, 7) is 6.44. The Labute approximate surface area is 185 Å². The van der Waals surface area contributed by atoms with Crippen molar-refractivity contribution < 1.29 is 9.59 Å². The van der Waals surface area contributed by atoms with Crippen LogP contribution in [0.5, 0.6) is 0 Å². The predicted octanol–water partition coefficient (Wildman–Crippen LogP) is 1.95. The molecule has 2 amide bonds. The number of hydrogen-bond donors (Lipinski definition) is 1. The average Bonchev–Trinajstić information content (AvgIpc) is 3.36. The number of nitrogens with zero attached hydrogens (tertiary/aromatic N) is 3. The highest BCUT2D eigenvalue weighted by molar-refractivity contribution is 5.96. The first-order valence-corrected chi connectivity index (χ1v) is 10.3. The second-order valence-electron chi connectivity index (χ2n) is 7.98. The number of rotatable bonds is 5. The lowest BCUT2D eigenvalue weighted by Crippen LogP contribution is -2.51. The van der Waals surface area contributed by atoms with Crippen LogP contribution in [0.1, 0.15) is 24.8 Å². The molecule has 1 unspecified atom stereocenters. The molecule has 0 bridgehead atoms.